The van der Waals surface area contributed by atoms with Gasteiger partial charge in [0, 0.05) is 18.1 Å². The molecule has 0 amide bonds. The maximum atomic E-state index is 6.15. The van der Waals surface area contributed by atoms with E-state index in [0.29, 0.717) is 12.1 Å². The number of likely N-dealkylation sites (tertiary alicyclic amines) is 1. The van der Waals surface area contributed by atoms with Crippen LogP contribution in [-0.2, 0) is 0 Å². The van der Waals surface area contributed by atoms with Crippen molar-refractivity contribution in [2.45, 2.75) is 56.7 Å². The van der Waals surface area contributed by atoms with Crippen LogP contribution in [0.25, 0.3) is 0 Å². The Kier molecular flexibility index (Phi) is 4.00. The van der Waals surface area contributed by atoms with E-state index in [2.05, 4.69) is 17.3 Å². The van der Waals surface area contributed by atoms with Crippen molar-refractivity contribution in [2.24, 2.45) is 5.73 Å². The molecular formula is C12H25N3. The molecule has 1 aliphatic heterocycles. The molecule has 0 aromatic carbocycles. The second-order valence-electron chi connectivity index (χ2n) is 5.30. The first-order chi connectivity index (χ1) is 7.25. The Hall–Kier alpha value is -0.120. The maximum absolute atomic E-state index is 6.15. The molecule has 3 heteroatoms. The first-order valence-electron chi connectivity index (χ1n) is 6.46. The van der Waals surface area contributed by atoms with Crippen molar-refractivity contribution in [1.82, 2.24) is 10.2 Å². The fourth-order valence-electron chi connectivity index (χ4n) is 2.84. The van der Waals surface area contributed by atoms with Crippen LogP contribution >= 0.6 is 0 Å². The zero-order chi connectivity index (χ0) is 10.7. The van der Waals surface area contributed by atoms with Gasteiger partial charge in [0.1, 0.15) is 0 Å². The Balaban J connectivity index is 1.75. The van der Waals surface area contributed by atoms with E-state index in [4.69, 9.17) is 5.73 Å². The lowest BCUT2D eigenvalue weighted by atomic mass is 9.89. The SMILES string of the molecule is CN1CCC(N[C@@H]2CCCC[C@@H]2N)CC1. The van der Waals surface area contributed by atoms with Crippen LogP contribution in [0, 0.1) is 0 Å². The highest BCUT2D eigenvalue weighted by Crippen LogP contribution is 2.19. The first-order valence-corrected chi connectivity index (χ1v) is 6.46. The van der Waals surface area contributed by atoms with Gasteiger partial charge in [0.25, 0.3) is 0 Å². The van der Waals surface area contributed by atoms with Gasteiger partial charge < -0.3 is 16.0 Å². The molecule has 0 aromatic rings. The molecule has 1 saturated heterocycles. The van der Waals surface area contributed by atoms with Crippen molar-refractivity contribution in [1.29, 1.82) is 0 Å². The number of hydrogen-bond donors (Lipinski definition) is 2. The molecule has 88 valence electrons. The van der Waals surface area contributed by atoms with E-state index < -0.39 is 0 Å². The number of nitrogens with two attached hydrogens (primary N) is 1. The number of nitrogens with zero attached hydrogens (tertiary/aromatic N) is 1. The average molecular weight is 211 g/mol. The van der Waals surface area contributed by atoms with E-state index in [0.717, 1.165) is 6.04 Å². The highest BCUT2D eigenvalue weighted by molar-refractivity contribution is 4.87. The van der Waals surface area contributed by atoms with Crippen molar-refractivity contribution in [3.05, 3.63) is 0 Å². The van der Waals surface area contributed by atoms with Gasteiger partial charge in [0.05, 0.1) is 0 Å². The van der Waals surface area contributed by atoms with Crippen LogP contribution in [-0.4, -0.2) is 43.2 Å². The van der Waals surface area contributed by atoms with Crippen LogP contribution in [0.5, 0.6) is 0 Å². The van der Waals surface area contributed by atoms with E-state index in [1.54, 1.807) is 0 Å². The second kappa shape index (κ2) is 5.28. The first kappa shape index (κ1) is 11.4. The van der Waals surface area contributed by atoms with Gasteiger partial charge >= 0.3 is 0 Å². The molecule has 0 radical (unpaired) electrons. The zero-order valence-electron chi connectivity index (χ0n) is 9.91. The van der Waals surface area contributed by atoms with Crippen LogP contribution in [0.4, 0.5) is 0 Å². The fraction of sp³-hybridized carbons (Fsp3) is 1.00. The van der Waals surface area contributed by atoms with Gasteiger partial charge in [0.15, 0.2) is 0 Å². The third kappa shape index (κ3) is 3.16. The maximum Gasteiger partial charge on any atom is 0.0221 e. The van der Waals surface area contributed by atoms with Crippen LogP contribution < -0.4 is 11.1 Å². The van der Waals surface area contributed by atoms with E-state index in [1.165, 1.54) is 51.6 Å². The fourth-order valence-corrected chi connectivity index (χ4v) is 2.84. The highest BCUT2D eigenvalue weighted by atomic mass is 15.1. The summed E-state index contributed by atoms with van der Waals surface area (Å²) < 4.78 is 0. The van der Waals surface area contributed by atoms with E-state index in [1.807, 2.05) is 0 Å². The largest absolute Gasteiger partial charge is 0.326 e. The van der Waals surface area contributed by atoms with Crippen molar-refractivity contribution in [3.63, 3.8) is 0 Å². The topological polar surface area (TPSA) is 41.3 Å². The van der Waals surface area contributed by atoms with Gasteiger partial charge in [-0.15, -0.1) is 0 Å². The van der Waals surface area contributed by atoms with E-state index in [9.17, 15) is 0 Å². The molecule has 2 fully saturated rings. The number of hydrogen-bond acceptors (Lipinski definition) is 3. The van der Waals surface area contributed by atoms with Crippen LogP contribution in [0.1, 0.15) is 38.5 Å². The van der Waals surface area contributed by atoms with Crippen LogP contribution in [0.3, 0.4) is 0 Å². The molecule has 0 bridgehead atoms. The summed E-state index contributed by atoms with van der Waals surface area (Å²) in [6.45, 7) is 2.47. The smallest absolute Gasteiger partial charge is 0.0221 e. The predicted octanol–water partition coefficient (Wildman–Crippen LogP) is 0.940. The molecule has 0 unspecified atom stereocenters. The van der Waals surface area contributed by atoms with Crippen LogP contribution in [0.15, 0.2) is 0 Å². The summed E-state index contributed by atoms with van der Waals surface area (Å²) in [6, 6.07) is 1.71. The molecule has 2 aliphatic rings. The Morgan fingerprint density at radius 2 is 1.73 bits per heavy atom. The lowest BCUT2D eigenvalue weighted by Gasteiger charge is -2.36. The summed E-state index contributed by atoms with van der Waals surface area (Å²) in [6.07, 6.45) is 7.77. The normalized spacial score (nSPS) is 35.6. The molecule has 2 atom stereocenters. The Bertz CT molecular complexity index is 187. The molecule has 3 N–H and O–H groups in total. The molecule has 0 aromatic heterocycles. The molecule has 2 rings (SSSR count). The molecule has 1 saturated carbocycles. The molecular weight excluding hydrogens is 186 g/mol. The van der Waals surface area contributed by atoms with Gasteiger partial charge in [-0.3, -0.25) is 0 Å². The lowest BCUT2D eigenvalue weighted by Crippen LogP contribution is -2.53. The van der Waals surface area contributed by atoms with Crippen molar-refractivity contribution >= 4 is 0 Å². The summed E-state index contributed by atoms with van der Waals surface area (Å²) in [5.41, 5.74) is 6.15. The highest BCUT2D eigenvalue weighted by Gasteiger charge is 2.25. The minimum absolute atomic E-state index is 0.401. The van der Waals surface area contributed by atoms with Crippen molar-refractivity contribution in [2.75, 3.05) is 20.1 Å². The van der Waals surface area contributed by atoms with Gasteiger partial charge in [-0.1, -0.05) is 12.8 Å². The summed E-state index contributed by atoms with van der Waals surface area (Å²) in [5, 5.41) is 3.78. The Morgan fingerprint density at radius 1 is 1.07 bits per heavy atom. The molecule has 0 spiro atoms. The van der Waals surface area contributed by atoms with Crippen molar-refractivity contribution < 1.29 is 0 Å². The number of rotatable bonds is 2. The van der Waals surface area contributed by atoms with Gasteiger partial charge in [0.2, 0.25) is 0 Å². The minimum Gasteiger partial charge on any atom is -0.326 e. The minimum atomic E-state index is 0.401. The third-order valence-electron chi connectivity index (χ3n) is 3.99. The standard InChI is InChI=1S/C12H25N3/c1-15-8-6-10(7-9-15)14-12-5-3-2-4-11(12)13/h10-12,14H,2-9,13H2,1H3/t11-,12+/m0/s1. The van der Waals surface area contributed by atoms with Gasteiger partial charge in [-0.25, -0.2) is 0 Å². The number of piperidine rings is 1. The lowest BCUT2D eigenvalue weighted by molar-refractivity contribution is 0.206. The molecule has 1 heterocycles. The second-order valence-corrected chi connectivity index (χ2v) is 5.30. The summed E-state index contributed by atoms with van der Waals surface area (Å²) in [5.74, 6) is 0. The van der Waals surface area contributed by atoms with Gasteiger partial charge in [-0.2, -0.15) is 0 Å². The zero-order valence-corrected chi connectivity index (χ0v) is 9.91. The molecule has 3 nitrogen and oxygen atoms in total. The Labute approximate surface area is 93.4 Å². The van der Waals surface area contributed by atoms with Gasteiger partial charge in [-0.05, 0) is 45.8 Å². The van der Waals surface area contributed by atoms with E-state index >= 15 is 0 Å². The predicted molar refractivity (Wildman–Crippen MR) is 63.9 cm³/mol. The quantitative estimate of drug-likeness (QED) is 0.714. The average Bonchev–Trinajstić information content (AvgIpc) is 2.25. The van der Waals surface area contributed by atoms with Crippen molar-refractivity contribution in [3.8, 4) is 0 Å². The summed E-state index contributed by atoms with van der Waals surface area (Å²) in [7, 11) is 2.21. The Morgan fingerprint density at radius 3 is 2.40 bits per heavy atom. The molecule has 15 heavy (non-hydrogen) atoms. The number of nitrogens with one attached hydrogen (secondary N) is 1. The summed E-state index contributed by atoms with van der Waals surface area (Å²) >= 11 is 0. The van der Waals surface area contributed by atoms with Crippen LogP contribution in [0.2, 0.25) is 0 Å². The van der Waals surface area contributed by atoms with E-state index in [-0.39, 0.29) is 0 Å². The monoisotopic (exact) mass is 211 g/mol. The third-order valence-corrected chi connectivity index (χ3v) is 3.99. The summed E-state index contributed by atoms with van der Waals surface area (Å²) in [4.78, 5) is 2.42. The molecule has 1 aliphatic carbocycles.